The highest BCUT2D eigenvalue weighted by atomic mass is 19.1. The molecule has 3 aromatic rings. The van der Waals surface area contributed by atoms with E-state index in [9.17, 15) is 9.18 Å². The Balaban J connectivity index is 1.67. The van der Waals surface area contributed by atoms with Gasteiger partial charge >= 0.3 is 6.09 Å². The van der Waals surface area contributed by atoms with Gasteiger partial charge in [0.2, 0.25) is 5.95 Å². The van der Waals surface area contributed by atoms with E-state index in [0.717, 1.165) is 67.7 Å². The molecular formula is C22H27FN6O2. The molecule has 1 fully saturated rings. The molecule has 0 atom stereocenters. The zero-order chi connectivity index (χ0) is 21.8. The number of halogens is 1. The quantitative estimate of drug-likeness (QED) is 0.483. The maximum Gasteiger partial charge on any atom is 0.404 e. The van der Waals surface area contributed by atoms with E-state index in [0.29, 0.717) is 5.95 Å². The van der Waals surface area contributed by atoms with Crippen LogP contribution in [-0.2, 0) is 0 Å². The van der Waals surface area contributed by atoms with E-state index in [4.69, 9.17) is 15.2 Å². The first-order valence-corrected chi connectivity index (χ1v) is 10.8. The fraction of sp³-hybridized carbons (Fsp3) is 0.455. The number of nitrogens with one attached hydrogen (secondary N) is 2. The summed E-state index contributed by atoms with van der Waals surface area (Å²) in [7, 11) is 0. The largest absolute Gasteiger partial charge is 0.465 e. The number of rotatable bonds is 7. The Morgan fingerprint density at radius 2 is 1.97 bits per heavy atom. The second kappa shape index (κ2) is 9.28. The SMILES string of the molecule is CCCCNc1ncc2c(-c3ccc(F)cc3)nc(C3CCC(NC(=O)O)CC3)n2n1. The van der Waals surface area contributed by atoms with Gasteiger partial charge in [-0.25, -0.2) is 23.7 Å². The maximum atomic E-state index is 13.4. The number of amides is 1. The Hall–Kier alpha value is -3.23. The number of anilines is 1. The van der Waals surface area contributed by atoms with Crippen molar-refractivity contribution in [1.29, 1.82) is 0 Å². The van der Waals surface area contributed by atoms with Crippen LogP contribution in [0.2, 0.25) is 0 Å². The molecule has 0 spiro atoms. The van der Waals surface area contributed by atoms with Gasteiger partial charge in [-0.3, -0.25) is 0 Å². The number of hydrogen-bond donors (Lipinski definition) is 3. The molecule has 3 N–H and O–H groups in total. The van der Waals surface area contributed by atoms with Crippen LogP contribution in [0, 0.1) is 5.82 Å². The standard InChI is InChI=1S/C22H27FN6O2/c1-2-3-12-24-21-25-13-18-19(14-4-8-16(23)9-5-14)27-20(29(18)28-21)15-6-10-17(11-7-15)26-22(30)31/h4-5,8-9,13,15,17,26H,2-3,6-7,10-12H2,1H3,(H,24,28)(H,30,31). The fourth-order valence-electron chi connectivity index (χ4n) is 4.12. The van der Waals surface area contributed by atoms with Crippen molar-refractivity contribution in [2.75, 3.05) is 11.9 Å². The van der Waals surface area contributed by atoms with Gasteiger partial charge in [0.05, 0.1) is 11.9 Å². The number of unbranched alkanes of at least 4 members (excludes halogenated alkanes) is 1. The summed E-state index contributed by atoms with van der Waals surface area (Å²) in [6, 6.07) is 6.23. The Morgan fingerprint density at radius 1 is 1.23 bits per heavy atom. The smallest absolute Gasteiger partial charge is 0.404 e. The van der Waals surface area contributed by atoms with Crippen LogP contribution in [0.1, 0.15) is 57.2 Å². The van der Waals surface area contributed by atoms with E-state index in [1.165, 1.54) is 12.1 Å². The Kier molecular flexibility index (Phi) is 6.29. The molecule has 9 heteroatoms. The van der Waals surface area contributed by atoms with Crippen LogP contribution in [0.3, 0.4) is 0 Å². The lowest BCUT2D eigenvalue weighted by molar-refractivity contribution is 0.184. The number of imidazole rings is 1. The van der Waals surface area contributed by atoms with Crippen molar-refractivity contribution in [1.82, 2.24) is 24.9 Å². The summed E-state index contributed by atoms with van der Waals surface area (Å²) >= 11 is 0. The van der Waals surface area contributed by atoms with E-state index in [1.807, 2.05) is 4.52 Å². The molecule has 4 rings (SSSR count). The normalized spacial score (nSPS) is 18.8. The van der Waals surface area contributed by atoms with E-state index in [1.54, 1.807) is 18.3 Å². The van der Waals surface area contributed by atoms with Crippen LogP contribution in [0.15, 0.2) is 30.5 Å². The summed E-state index contributed by atoms with van der Waals surface area (Å²) in [5.41, 5.74) is 2.30. The predicted octanol–water partition coefficient (Wildman–Crippen LogP) is 4.44. The number of hydrogen-bond acceptors (Lipinski definition) is 5. The number of carboxylic acid groups (broad SMARTS) is 1. The van der Waals surface area contributed by atoms with Gasteiger partial charge < -0.3 is 15.7 Å². The highest BCUT2D eigenvalue weighted by Crippen LogP contribution is 2.35. The summed E-state index contributed by atoms with van der Waals surface area (Å²) in [4.78, 5) is 20.3. The lowest BCUT2D eigenvalue weighted by Gasteiger charge is -2.27. The van der Waals surface area contributed by atoms with Crippen molar-refractivity contribution in [3.05, 3.63) is 42.1 Å². The second-order valence-corrected chi connectivity index (χ2v) is 7.98. The second-order valence-electron chi connectivity index (χ2n) is 7.98. The van der Waals surface area contributed by atoms with Crippen LogP contribution < -0.4 is 10.6 Å². The van der Waals surface area contributed by atoms with E-state index >= 15 is 0 Å². The third kappa shape index (κ3) is 4.76. The topological polar surface area (TPSA) is 104 Å². The van der Waals surface area contributed by atoms with Gasteiger partial charge in [-0.1, -0.05) is 13.3 Å². The van der Waals surface area contributed by atoms with Crippen molar-refractivity contribution in [3.63, 3.8) is 0 Å². The van der Waals surface area contributed by atoms with Crippen LogP contribution in [0.25, 0.3) is 16.8 Å². The van der Waals surface area contributed by atoms with Gasteiger partial charge in [-0.15, -0.1) is 5.10 Å². The number of aromatic nitrogens is 4. The Bertz CT molecular complexity index is 1040. The first kappa shape index (κ1) is 21.0. The van der Waals surface area contributed by atoms with Crippen LogP contribution >= 0.6 is 0 Å². The van der Waals surface area contributed by atoms with Gasteiger partial charge in [0.25, 0.3) is 0 Å². The van der Waals surface area contributed by atoms with Gasteiger partial charge in [0, 0.05) is 24.1 Å². The minimum atomic E-state index is -0.983. The Morgan fingerprint density at radius 3 is 2.65 bits per heavy atom. The summed E-state index contributed by atoms with van der Waals surface area (Å²) < 4.78 is 15.3. The summed E-state index contributed by atoms with van der Waals surface area (Å²) in [6.07, 6.45) is 6.02. The first-order chi connectivity index (χ1) is 15.0. The Labute approximate surface area is 179 Å². The molecule has 31 heavy (non-hydrogen) atoms. The molecule has 1 aromatic carbocycles. The lowest BCUT2D eigenvalue weighted by atomic mass is 9.85. The summed E-state index contributed by atoms with van der Waals surface area (Å²) in [5.74, 6) is 1.25. The van der Waals surface area contributed by atoms with Crippen molar-refractivity contribution in [2.24, 2.45) is 0 Å². The molecule has 8 nitrogen and oxygen atoms in total. The van der Waals surface area contributed by atoms with Crippen molar-refractivity contribution in [3.8, 4) is 11.3 Å². The lowest BCUT2D eigenvalue weighted by Crippen LogP contribution is -2.36. The highest BCUT2D eigenvalue weighted by Gasteiger charge is 2.28. The van der Waals surface area contributed by atoms with Crippen molar-refractivity contribution < 1.29 is 14.3 Å². The predicted molar refractivity (Wildman–Crippen MR) is 116 cm³/mol. The fourth-order valence-corrected chi connectivity index (χ4v) is 4.12. The van der Waals surface area contributed by atoms with E-state index in [-0.39, 0.29) is 17.8 Å². The minimum absolute atomic E-state index is 0.0301. The van der Waals surface area contributed by atoms with Crippen LogP contribution in [0.5, 0.6) is 0 Å². The number of benzene rings is 1. The van der Waals surface area contributed by atoms with E-state index < -0.39 is 6.09 Å². The zero-order valence-electron chi connectivity index (χ0n) is 17.5. The van der Waals surface area contributed by atoms with Gasteiger partial charge in [0.15, 0.2) is 0 Å². The first-order valence-electron chi connectivity index (χ1n) is 10.8. The number of nitrogens with zero attached hydrogens (tertiary/aromatic N) is 4. The molecule has 1 amide bonds. The maximum absolute atomic E-state index is 13.4. The van der Waals surface area contributed by atoms with Crippen molar-refractivity contribution >= 4 is 17.6 Å². The van der Waals surface area contributed by atoms with Gasteiger partial charge in [-0.05, 0) is 56.4 Å². The van der Waals surface area contributed by atoms with Gasteiger partial charge in [-0.2, -0.15) is 0 Å². The zero-order valence-corrected chi connectivity index (χ0v) is 17.5. The average molecular weight is 426 g/mol. The minimum Gasteiger partial charge on any atom is -0.465 e. The molecule has 0 aliphatic heterocycles. The molecule has 164 valence electrons. The molecule has 0 unspecified atom stereocenters. The molecule has 0 bridgehead atoms. The monoisotopic (exact) mass is 426 g/mol. The molecule has 2 aromatic heterocycles. The third-order valence-electron chi connectivity index (χ3n) is 5.77. The molecule has 0 saturated heterocycles. The molecule has 0 radical (unpaired) electrons. The van der Waals surface area contributed by atoms with Crippen LogP contribution in [-0.4, -0.2) is 43.4 Å². The summed E-state index contributed by atoms with van der Waals surface area (Å²) in [5, 5.41) is 19.5. The molecule has 2 heterocycles. The number of fused-ring (bicyclic) bond motifs is 1. The average Bonchev–Trinajstić information content (AvgIpc) is 3.13. The summed E-state index contributed by atoms with van der Waals surface area (Å²) in [6.45, 7) is 2.92. The number of carbonyl (C=O) groups is 1. The van der Waals surface area contributed by atoms with Crippen molar-refractivity contribution in [2.45, 2.75) is 57.4 Å². The third-order valence-corrected chi connectivity index (χ3v) is 5.77. The highest BCUT2D eigenvalue weighted by molar-refractivity contribution is 5.77. The van der Waals surface area contributed by atoms with E-state index in [2.05, 4.69) is 22.5 Å². The molecule has 1 saturated carbocycles. The molecule has 1 aliphatic carbocycles. The molecular weight excluding hydrogens is 399 g/mol. The van der Waals surface area contributed by atoms with Gasteiger partial charge in [0.1, 0.15) is 17.2 Å². The van der Waals surface area contributed by atoms with Crippen LogP contribution in [0.4, 0.5) is 15.1 Å². The molecule has 1 aliphatic rings.